The van der Waals surface area contributed by atoms with Gasteiger partial charge in [-0.05, 0) is 0 Å². The molecule has 11 nitrogen and oxygen atoms in total. The highest BCUT2D eigenvalue weighted by Gasteiger charge is 2.60. The average Bonchev–Trinajstić information content (AvgIpc) is 2.56. The van der Waals surface area contributed by atoms with Crippen molar-refractivity contribution < 1.29 is 52.7 Å². The quantitative estimate of drug-likeness (QED) is 0.218. The fourth-order valence-electron chi connectivity index (χ4n) is 2.55. The second-order valence-electron chi connectivity index (χ2n) is 5.81. The summed E-state index contributed by atoms with van der Waals surface area (Å²) in [6.07, 6.45) is -5.84. The second kappa shape index (κ2) is 10.7. The summed E-state index contributed by atoms with van der Waals surface area (Å²) in [5, 5.41) is 11.2. The fraction of sp³-hybridized carbons (Fsp3) is 0.750. The van der Waals surface area contributed by atoms with Crippen LogP contribution >= 0.6 is 15.9 Å². The van der Waals surface area contributed by atoms with Gasteiger partial charge in [0.2, 0.25) is 6.10 Å². The van der Waals surface area contributed by atoms with E-state index in [-0.39, 0.29) is 11.9 Å². The number of hydrogen-bond donors (Lipinski definition) is 1. The predicted octanol–water partition coefficient (Wildman–Crippen LogP) is -0.199. The molecule has 1 fully saturated rings. The molecule has 5 atom stereocenters. The highest BCUT2D eigenvalue weighted by Crippen LogP contribution is 2.35. The highest BCUT2D eigenvalue weighted by molar-refractivity contribution is 9.09. The number of carbonyl (C=O) groups is 4. The van der Waals surface area contributed by atoms with Crippen LogP contribution in [-0.2, 0) is 47.6 Å². The summed E-state index contributed by atoms with van der Waals surface area (Å²) in [4.78, 5) is 45.9. The van der Waals surface area contributed by atoms with Crippen molar-refractivity contribution in [1.29, 1.82) is 0 Å². The molecule has 1 heterocycles. The lowest BCUT2D eigenvalue weighted by Crippen LogP contribution is -2.69. The minimum atomic E-state index is -2.57. The first-order chi connectivity index (χ1) is 13.0. The molecular weight excluding hydrogens is 448 g/mol. The number of esters is 4. The number of carbonyl (C=O) groups excluding carboxylic acids is 4. The summed E-state index contributed by atoms with van der Waals surface area (Å²) in [5.74, 6) is -5.66. The molecule has 0 aromatic carbocycles. The maximum Gasteiger partial charge on any atom is 0.324 e. The third-order valence-electron chi connectivity index (χ3n) is 3.40. The van der Waals surface area contributed by atoms with E-state index in [9.17, 15) is 24.3 Å². The van der Waals surface area contributed by atoms with Crippen LogP contribution in [0.25, 0.3) is 0 Å². The minimum Gasteiger partial charge on any atom is -0.463 e. The van der Waals surface area contributed by atoms with Crippen molar-refractivity contribution in [1.82, 2.24) is 0 Å². The van der Waals surface area contributed by atoms with Gasteiger partial charge in [0.1, 0.15) is 12.7 Å². The van der Waals surface area contributed by atoms with Crippen LogP contribution in [0, 0.1) is 0 Å². The molecule has 1 N–H and O–H groups in total. The Morgan fingerprint density at radius 2 is 1.46 bits per heavy atom. The smallest absolute Gasteiger partial charge is 0.324 e. The van der Waals surface area contributed by atoms with E-state index < -0.39 is 60.9 Å². The van der Waals surface area contributed by atoms with E-state index in [4.69, 9.17) is 28.4 Å². The molecule has 1 rings (SSSR count). The number of alkyl halides is 1. The highest BCUT2D eigenvalue weighted by atomic mass is 79.9. The standard InChI is InChI=1S/C16H23BrO11/c1-8(18)23-7-12-13(25-9(2)19)14(26-10(3)20)15(27-11(4)21)16(22,28-12)24-6-5-17/h12-15,22H,5-7H2,1-4H3/t12-,13-,14+,15-,16-/m1/s1. The number of hydrogen-bond acceptors (Lipinski definition) is 11. The predicted molar refractivity (Wildman–Crippen MR) is 92.9 cm³/mol. The SMILES string of the molecule is CC(=O)OC[C@H]1O[C@](O)(OCCBr)[C@H](OC(C)=O)[C@@H](OC(C)=O)[C@@H]1OC(C)=O. The lowest BCUT2D eigenvalue weighted by molar-refractivity contribution is -0.446. The molecule has 0 radical (unpaired) electrons. The molecule has 0 saturated carbocycles. The molecule has 0 aliphatic carbocycles. The Bertz CT molecular complexity index is 595. The monoisotopic (exact) mass is 470 g/mol. The van der Waals surface area contributed by atoms with Gasteiger partial charge in [-0.3, -0.25) is 19.2 Å². The molecule has 28 heavy (non-hydrogen) atoms. The molecule has 1 aliphatic rings. The molecule has 1 saturated heterocycles. The molecule has 0 aromatic heterocycles. The van der Waals surface area contributed by atoms with Gasteiger partial charge in [0, 0.05) is 33.0 Å². The second-order valence-corrected chi connectivity index (χ2v) is 6.60. The first-order valence-electron chi connectivity index (χ1n) is 8.25. The van der Waals surface area contributed by atoms with E-state index in [2.05, 4.69) is 15.9 Å². The van der Waals surface area contributed by atoms with Crippen molar-refractivity contribution in [3.8, 4) is 0 Å². The molecule has 1 aliphatic heterocycles. The molecule has 0 spiro atoms. The Morgan fingerprint density at radius 1 is 0.929 bits per heavy atom. The van der Waals surface area contributed by atoms with Crippen LogP contribution in [0.1, 0.15) is 27.7 Å². The van der Waals surface area contributed by atoms with Crippen LogP contribution in [0.2, 0.25) is 0 Å². The van der Waals surface area contributed by atoms with Crippen LogP contribution in [0.4, 0.5) is 0 Å². The van der Waals surface area contributed by atoms with Crippen molar-refractivity contribution in [3.05, 3.63) is 0 Å². The zero-order valence-corrected chi connectivity index (χ0v) is 17.4. The molecular formula is C16H23BrO11. The summed E-state index contributed by atoms with van der Waals surface area (Å²) in [6, 6.07) is 0. The largest absolute Gasteiger partial charge is 0.463 e. The van der Waals surface area contributed by atoms with Gasteiger partial charge in [0.25, 0.3) is 0 Å². The third-order valence-corrected chi connectivity index (χ3v) is 3.73. The van der Waals surface area contributed by atoms with Crippen LogP contribution < -0.4 is 0 Å². The molecule has 160 valence electrons. The van der Waals surface area contributed by atoms with Crippen molar-refractivity contribution in [2.24, 2.45) is 0 Å². The van der Waals surface area contributed by atoms with Gasteiger partial charge in [-0.25, -0.2) is 0 Å². The molecule has 12 heteroatoms. The van der Waals surface area contributed by atoms with Gasteiger partial charge in [0.05, 0.1) is 6.61 Å². The van der Waals surface area contributed by atoms with Gasteiger partial charge in [-0.15, -0.1) is 0 Å². The fourth-order valence-corrected chi connectivity index (χ4v) is 2.71. The van der Waals surface area contributed by atoms with Crippen molar-refractivity contribution in [3.63, 3.8) is 0 Å². The summed E-state index contributed by atoms with van der Waals surface area (Å²) in [5.41, 5.74) is 0. The normalized spacial score (nSPS) is 29.5. The van der Waals surface area contributed by atoms with Gasteiger partial charge in [0.15, 0.2) is 12.2 Å². The first kappa shape index (κ1) is 24.3. The van der Waals surface area contributed by atoms with Crippen LogP contribution in [-0.4, -0.2) is 77.9 Å². The Kier molecular flexibility index (Phi) is 9.27. The van der Waals surface area contributed by atoms with Crippen LogP contribution in [0.15, 0.2) is 0 Å². The van der Waals surface area contributed by atoms with E-state index in [1.54, 1.807) is 0 Å². The molecule has 0 amide bonds. The van der Waals surface area contributed by atoms with Crippen LogP contribution in [0.5, 0.6) is 0 Å². The molecule has 0 unspecified atom stereocenters. The van der Waals surface area contributed by atoms with Crippen molar-refractivity contribution in [2.75, 3.05) is 18.5 Å². The zero-order valence-electron chi connectivity index (χ0n) is 15.8. The first-order valence-corrected chi connectivity index (χ1v) is 9.37. The number of rotatable bonds is 8. The number of halogens is 1. The zero-order chi connectivity index (χ0) is 21.5. The third kappa shape index (κ3) is 7.00. The summed E-state index contributed by atoms with van der Waals surface area (Å²) in [7, 11) is 0. The summed E-state index contributed by atoms with van der Waals surface area (Å²) < 4.78 is 31.0. The van der Waals surface area contributed by atoms with E-state index in [0.717, 1.165) is 27.7 Å². The topological polar surface area (TPSA) is 144 Å². The Hall–Kier alpha value is -1.76. The summed E-state index contributed by atoms with van der Waals surface area (Å²) >= 11 is 3.11. The maximum absolute atomic E-state index is 11.6. The van der Waals surface area contributed by atoms with Gasteiger partial charge < -0.3 is 33.5 Å². The van der Waals surface area contributed by atoms with E-state index >= 15 is 0 Å². The van der Waals surface area contributed by atoms with E-state index in [1.807, 2.05) is 0 Å². The number of ether oxygens (including phenoxy) is 6. The average molecular weight is 471 g/mol. The van der Waals surface area contributed by atoms with E-state index in [1.165, 1.54) is 0 Å². The Morgan fingerprint density at radius 3 is 1.93 bits per heavy atom. The van der Waals surface area contributed by atoms with Crippen molar-refractivity contribution >= 4 is 39.8 Å². The minimum absolute atomic E-state index is 0.0838. The van der Waals surface area contributed by atoms with Gasteiger partial charge in [-0.2, -0.15) is 0 Å². The Balaban J connectivity index is 3.37. The lowest BCUT2D eigenvalue weighted by atomic mass is 9.96. The maximum atomic E-state index is 11.6. The lowest BCUT2D eigenvalue weighted by Gasteiger charge is -2.47. The van der Waals surface area contributed by atoms with Crippen LogP contribution in [0.3, 0.4) is 0 Å². The number of aliphatic hydroxyl groups is 1. The van der Waals surface area contributed by atoms with E-state index in [0.29, 0.717) is 0 Å². The van der Waals surface area contributed by atoms with Gasteiger partial charge >= 0.3 is 29.9 Å². The Labute approximate surface area is 169 Å². The summed E-state index contributed by atoms with van der Waals surface area (Å²) in [6.45, 7) is 3.82. The van der Waals surface area contributed by atoms with Gasteiger partial charge in [-0.1, -0.05) is 15.9 Å². The molecule has 0 bridgehead atoms. The van der Waals surface area contributed by atoms with Crippen molar-refractivity contribution in [2.45, 2.75) is 58.1 Å². The molecule has 0 aromatic rings.